The standard InChI is InChI=1S/C18H28N4OS.HI/c1-14(23)21-16-7-5-15(6-8-16)9-10-20-17(19-4)22-11-12-24-18(2,3)13-22;/h5-8H,9-13H2,1-4H3,(H,19,20)(H,21,23);1H. The predicted molar refractivity (Wildman–Crippen MR) is 119 cm³/mol. The molecule has 0 aromatic heterocycles. The van der Waals surface area contributed by atoms with Crippen LogP contribution < -0.4 is 10.6 Å². The molecule has 1 aliphatic heterocycles. The maximum atomic E-state index is 11.0. The lowest BCUT2D eigenvalue weighted by Gasteiger charge is -2.39. The summed E-state index contributed by atoms with van der Waals surface area (Å²) in [4.78, 5) is 17.8. The van der Waals surface area contributed by atoms with Crippen LogP contribution in [0, 0.1) is 0 Å². The molecule has 140 valence electrons. The van der Waals surface area contributed by atoms with Gasteiger partial charge in [-0.05, 0) is 38.0 Å². The highest BCUT2D eigenvalue weighted by molar-refractivity contribution is 14.0. The number of rotatable bonds is 4. The van der Waals surface area contributed by atoms with Gasteiger partial charge < -0.3 is 15.5 Å². The largest absolute Gasteiger partial charge is 0.356 e. The number of anilines is 1. The number of amides is 1. The number of thioether (sulfide) groups is 1. The lowest BCUT2D eigenvalue weighted by atomic mass is 10.1. The lowest BCUT2D eigenvalue weighted by molar-refractivity contribution is -0.114. The lowest BCUT2D eigenvalue weighted by Crippen LogP contribution is -2.51. The van der Waals surface area contributed by atoms with E-state index in [0.717, 1.165) is 43.5 Å². The van der Waals surface area contributed by atoms with Gasteiger partial charge in [0.1, 0.15) is 0 Å². The maximum Gasteiger partial charge on any atom is 0.221 e. The van der Waals surface area contributed by atoms with Gasteiger partial charge in [0.2, 0.25) is 5.91 Å². The zero-order valence-electron chi connectivity index (χ0n) is 15.5. The van der Waals surface area contributed by atoms with Gasteiger partial charge in [0, 0.05) is 49.8 Å². The number of halogens is 1. The molecule has 0 saturated carbocycles. The van der Waals surface area contributed by atoms with Crippen LogP contribution in [-0.2, 0) is 11.2 Å². The summed E-state index contributed by atoms with van der Waals surface area (Å²) in [5, 5.41) is 6.25. The average molecular weight is 476 g/mol. The minimum atomic E-state index is -0.0455. The summed E-state index contributed by atoms with van der Waals surface area (Å²) in [6.07, 6.45) is 0.922. The Bertz CT molecular complexity index is 589. The number of nitrogens with zero attached hydrogens (tertiary/aromatic N) is 2. The van der Waals surface area contributed by atoms with Gasteiger partial charge in [-0.3, -0.25) is 9.79 Å². The number of hydrogen-bond acceptors (Lipinski definition) is 3. The molecule has 7 heteroatoms. The molecule has 0 bridgehead atoms. The molecular formula is C18H29IN4OS. The van der Waals surface area contributed by atoms with Crippen LogP contribution >= 0.6 is 35.7 Å². The number of aliphatic imine (C=N–C) groups is 1. The minimum absolute atomic E-state index is 0. The van der Waals surface area contributed by atoms with Crippen molar-refractivity contribution >= 4 is 53.3 Å². The number of guanidine groups is 1. The van der Waals surface area contributed by atoms with Crippen molar-refractivity contribution in [3.8, 4) is 0 Å². The summed E-state index contributed by atoms with van der Waals surface area (Å²) in [6.45, 7) is 8.99. The van der Waals surface area contributed by atoms with Crippen molar-refractivity contribution in [2.45, 2.75) is 31.9 Å². The van der Waals surface area contributed by atoms with Crippen LogP contribution in [0.3, 0.4) is 0 Å². The van der Waals surface area contributed by atoms with Gasteiger partial charge >= 0.3 is 0 Å². The van der Waals surface area contributed by atoms with Crippen molar-refractivity contribution in [1.82, 2.24) is 10.2 Å². The number of carbonyl (C=O) groups is 1. The van der Waals surface area contributed by atoms with E-state index in [4.69, 9.17) is 0 Å². The van der Waals surface area contributed by atoms with Crippen LogP contribution in [0.25, 0.3) is 0 Å². The van der Waals surface area contributed by atoms with Crippen molar-refractivity contribution in [3.05, 3.63) is 29.8 Å². The summed E-state index contributed by atoms with van der Waals surface area (Å²) < 4.78 is 0.273. The molecular weight excluding hydrogens is 447 g/mol. The molecule has 25 heavy (non-hydrogen) atoms. The maximum absolute atomic E-state index is 11.0. The molecule has 2 N–H and O–H groups in total. The van der Waals surface area contributed by atoms with Crippen LogP contribution in [0.4, 0.5) is 5.69 Å². The van der Waals surface area contributed by atoms with E-state index < -0.39 is 0 Å². The normalized spacial score (nSPS) is 16.8. The van der Waals surface area contributed by atoms with Gasteiger partial charge in [0.05, 0.1) is 0 Å². The molecule has 2 rings (SSSR count). The van der Waals surface area contributed by atoms with Crippen molar-refractivity contribution in [1.29, 1.82) is 0 Å². The number of hydrogen-bond donors (Lipinski definition) is 2. The Kier molecular flexibility index (Phi) is 9.06. The van der Waals surface area contributed by atoms with Crippen molar-refractivity contribution in [3.63, 3.8) is 0 Å². The molecule has 0 radical (unpaired) electrons. The SMILES string of the molecule is CN=C(NCCc1ccc(NC(C)=O)cc1)N1CCSC(C)(C)C1.I. The second-order valence-electron chi connectivity index (χ2n) is 6.63. The van der Waals surface area contributed by atoms with Crippen LogP contribution in [0.5, 0.6) is 0 Å². The average Bonchev–Trinajstić information content (AvgIpc) is 2.51. The van der Waals surface area contributed by atoms with E-state index in [0.29, 0.717) is 0 Å². The van der Waals surface area contributed by atoms with Crippen molar-refractivity contribution in [2.24, 2.45) is 4.99 Å². The first-order chi connectivity index (χ1) is 11.4. The fraction of sp³-hybridized carbons (Fsp3) is 0.556. The molecule has 0 atom stereocenters. The third-order valence-electron chi connectivity index (χ3n) is 3.91. The molecule has 1 fully saturated rings. The zero-order valence-corrected chi connectivity index (χ0v) is 18.6. The summed E-state index contributed by atoms with van der Waals surface area (Å²) in [5.41, 5.74) is 2.07. The first-order valence-electron chi connectivity index (χ1n) is 8.36. The highest BCUT2D eigenvalue weighted by atomic mass is 127. The molecule has 0 unspecified atom stereocenters. The van der Waals surface area contributed by atoms with Crippen LogP contribution in [0.15, 0.2) is 29.3 Å². The topological polar surface area (TPSA) is 56.7 Å². The molecule has 1 aromatic rings. The fourth-order valence-corrected chi connectivity index (χ4v) is 3.92. The molecule has 1 aliphatic rings. The van der Waals surface area contributed by atoms with Crippen LogP contribution in [0.2, 0.25) is 0 Å². The van der Waals surface area contributed by atoms with E-state index in [-0.39, 0.29) is 34.6 Å². The Morgan fingerprint density at radius 3 is 2.56 bits per heavy atom. The molecule has 5 nitrogen and oxygen atoms in total. The second-order valence-corrected chi connectivity index (χ2v) is 8.43. The van der Waals surface area contributed by atoms with Crippen molar-refractivity contribution < 1.29 is 4.79 Å². The Balaban J connectivity index is 0.00000312. The molecule has 0 aliphatic carbocycles. The smallest absolute Gasteiger partial charge is 0.221 e. The quantitative estimate of drug-likeness (QED) is 0.398. The van der Waals surface area contributed by atoms with E-state index >= 15 is 0 Å². The molecule has 1 heterocycles. The summed E-state index contributed by atoms with van der Waals surface area (Å²) in [6, 6.07) is 7.98. The fourth-order valence-electron chi connectivity index (χ4n) is 2.81. The van der Waals surface area contributed by atoms with Crippen molar-refractivity contribution in [2.75, 3.05) is 37.8 Å². The van der Waals surface area contributed by atoms with Gasteiger partial charge in [-0.1, -0.05) is 12.1 Å². The minimum Gasteiger partial charge on any atom is -0.356 e. The number of carbonyl (C=O) groups excluding carboxylic acids is 1. The number of nitrogens with one attached hydrogen (secondary N) is 2. The molecule has 0 spiro atoms. The first-order valence-corrected chi connectivity index (χ1v) is 9.34. The van der Waals surface area contributed by atoms with Gasteiger partial charge in [-0.2, -0.15) is 11.8 Å². The molecule has 1 amide bonds. The predicted octanol–water partition coefficient (Wildman–Crippen LogP) is 3.21. The molecule has 1 aromatic carbocycles. The van der Waals surface area contributed by atoms with E-state index in [1.165, 1.54) is 12.5 Å². The van der Waals surface area contributed by atoms with Gasteiger partial charge in [0.15, 0.2) is 5.96 Å². The first kappa shape index (κ1) is 22.1. The highest BCUT2D eigenvalue weighted by Gasteiger charge is 2.28. The van der Waals surface area contributed by atoms with Gasteiger partial charge in [-0.25, -0.2) is 0 Å². The Labute approximate surface area is 172 Å². The van der Waals surface area contributed by atoms with Crippen LogP contribution in [0.1, 0.15) is 26.3 Å². The number of benzene rings is 1. The summed E-state index contributed by atoms with van der Waals surface area (Å²) in [5.74, 6) is 2.08. The van der Waals surface area contributed by atoms with E-state index in [9.17, 15) is 4.79 Å². The van der Waals surface area contributed by atoms with E-state index in [1.54, 1.807) is 0 Å². The Hall–Kier alpha value is -0.960. The zero-order chi connectivity index (χ0) is 17.6. The highest BCUT2D eigenvalue weighted by Crippen LogP contribution is 2.29. The summed E-state index contributed by atoms with van der Waals surface area (Å²) >= 11 is 2.02. The van der Waals surface area contributed by atoms with E-state index in [2.05, 4.69) is 46.5 Å². The van der Waals surface area contributed by atoms with Crippen LogP contribution in [-0.4, -0.2) is 53.9 Å². The van der Waals surface area contributed by atoms with E-state index in [1.807, 2.05) is 30.9 Å². The third kappa shape index (κ3) is 7.43. The van der Waals surface area contributed by atoms with Gasteiger partial charge in [0.25, 0.3) is 0 Å². The Morgan fingerprint density at radius 2 is 2.00 bits per heavy atom. The monoisotopic (exact) mass is 476 g/mol. The second kappa shape index (κ2) is 10.3. The summed E-state index contributed by atoms with van der Waals surface area (Å²) in [7, 11) is 1.85. The Morgan fingerprint density at radius 1 is 1.32 bits per heavy atom. The molecule has 1 saturated heterocycles. The van der Waals surface area contributed by atoms with Gasteiger partial charge in [-0.15, -0.1) is 24.0 Å². The third-order valence-corrected chi connectivity index (χ3v) is 5.21.